The zero-order valence-corrected chi connectivity index (χ0v) is 13.3. The van der Waals surface area contributed by atoms with E-state index in [-0.39, 0.29) is 11.7 Å². The van der Waals surface area contributed by atoms with Crippen molar-refractivity contribution < 1.29 is 14.3 Å². The molecular formula is C17H24N2O3. The van der Waals surface area contributed by atoms with Crippen LogP contribution in [0.4, 0.5) is 5.69 Å². The monoisotopic (exact) mass is 304 g/mol. The molecule has 0 saturated carbocycles. The second kappa shape index (κ2) is 7.29. The average Bonchev–Trinajstić information content (AvgIpc) is 2.49. The molecule has 2 rings (SSSR count). The van der Waals surface area contributed by atoms with E-state index in [4.69, 9.17) is 10.5 Å². The maximum Gasteiger partial charge on any atom is 0.225 e. The van der Waals surface area contributed by atoms with Crippen molar-refractivity contribution >= 4 is 17.4 Å². The Morgan fingerprint density at radius 3 is 2.59 bits per heavy atom. The van der Waals surface area contributed by atoms with Gasteiger partial charge in [0, 0.05) is 18.7 Å². The molecule has 0 unspecified atom stereocenters. The number of likely N-dealkylation sites (tertiary alicyclic amines) is 1. The second-order valence-corrected chi connectivity index (χ2v) is 5.97. The molecule has 0 aromatic heterocycles. The van der Waals surface area contributed by atoms with Gasteiger partial charge in [0.15, 0.2) is 5.78 Å². The third-order valence-electron chi connectivity index (χ3n) is 4.13. The van der Waals surface area contributed by atoms with Crippen LogP contribution in [-0.4, -0.2) is 36.3 Å². The maximum absolute atomic E-state index is 12.1. The lowest BCUT2D eigenvalue weighted by molar-refractivity contribution is -0.133. The Morgan fingerprint density at radius 2 is 2.00 bits per heavy atom. The summed E-state index contributed by atoms with van der Waals surface area (Å²) in [6, 6.07) is 4.96. The number of nitrogens with zero attached hydrogens (tertiary/aromatic N) is 1. The van der Waals surface area contributed by atoms with Crippen molar-refractivity contribution in [1.82, 2.24) is 4.90 Å². The highest BCUT2D eigenvalue weighted by Crippen LogP contribution is 2.23. The topological polar surface area (TPSA) is 72.6 Å². The van der Waals surface area contributed by atoms with Gasteiger partial charge in [-0.2, -0.15) is 0 Å². The predicted octanol–water partition coefficient (Wildman–Crippen LogP) is 2.50. The number of anilines is 1. The minimum atomic E-state index is -0.0345. The number of hydrogen-bond donors (Lipinski definition) is 1. The minimum Gasteiger partial charge on any atom is -0.491 e. The first kappa shape index (κ1) is 16.3. The molecule has 0 aliphatic carbocycles. The van der Waals surface area contributed by atoms with Gasteiger partial charge >= 0.3 is 0 Å². The van der Waals surface area contributed by atoms with E-state index in [2.05, 4.69) is 6.92 Å². The largest absolute Gasteiger partial charge is 0.491 e. The normalized spacial score (nSPS) is 15.6. The Hall–Kier alpha value is -2.04. The summed E-state index contributed by atoms with van der Waals surface area (Å²) in [6.45, 7) is 5.70. The van der Waals surface area contributed by atoms with Crippen molar-refractivity contribution in [2.75, 3.05) is 25.4 Å². The summed E-state index contributed by atoms with van der Waals surface area (Å²) in [5, 5.41) is 0. The first-order valence-electron chi connectivity index (χ1n) is 7.78. The molecule has 1 amide bonds. The Balaban J connectivity index is 1.81. The Labute approximate surface area is 131 Å². The van der Waals surface area contributed by atoms with Crippen LogP contribution in [0.15, 0.2) is 18.2 Å². The molecule has 22 heavy (non-hydrogen) atoms. The van der Waals surface area contributed by atoms with E-state index in [9.17, 15) is 9.59 Å². The SMILES string of the molecule is CC(=O)c1ccc(OCCC(=O)N2CCC(C)CC2)c(N)c1. The number of ketones is 1. The highest BCUT2D eigenvalue weighted by atomic mass is 16.5. The lowest BCUT2D eigenvalue weighted by Gasteiger charge is -2.30. The number of nitrogens with two attached hydrogens (primary N) is 1. The van der Waals surface area contributed by atoms with Crippen LogP contribution in [0.1, 0.15) is 43.5 Å². The fourth-order valence-electron chi connectivity index (χ4n) is 2.56. The Bertz CT molecular complexity index is 549. The van der Waals surface area contributed by atoms with Gasteiger partial charge in [-0.15, -0.1) is 0 Å². The van der Waals surface area contributed by atoms with Crippen LogP contribution in [0.2, 0.25) is 0 Å². The highest BCUT2D eigenvalue weighted by molar-refractivity contribution is 5.95. The number of nitrogen functional groups attached to an aromatic ring is 1. The molecule has 1 saturated heterocycles. The van der Waals surface area contributed by atoms with Crippen LogP contribution in [0.25, 0.3) is 0 Å². The summed E-state index contributed by atoms with van der Waals surface area (Å²) >= 11 is 0. The molecule has 1 aromatic rings. The lowest BCUT2D eigenvalue weighted by atomic mass is 9.99. The summed E-state index contributed by atoms with van der Waals surface area (Å²) in [6.07, 6.45) is 2.50. The van der Waals surface area contributed by atoms with E-state index in [1.807, 2.05) is 4.90 Å². The van der Waals surface area contributed by atoms with Gasteiger partial charge in [0.25, 0.3) is 0 Å². The second-order valence-electron chi connectivity index (χ2n) is 5.97. The van der Waals surface area contributed by atoms with E-state index < -0.39 is 0 Å². The van der Waals surface area contributed by atoms with Gasteiger partial charge < -0.3 is 15.4 Å². The third kappa shape index (κ3) is 4.23. The third-order valence-corrected chi connectivity index (χ3v) is 4.13. The van der Waals surface area contributed by atoms with Crippen molar-refractivity contribution in [1.29, 1.82) is 0 Å². The number of amides is 1. The van der Waals surface area contributed by atoms with Gasteiger partial charge in [-0.1, -0.05) is 6.92 Å². The van der Waals surface area contributed by atoms with Crippen molar-refractivity contribution in [2.45, 2.75) is 33.1 Å². The van der Waals surface area contributed by atoms with E-state index in [0.717, 1.165) is 25.9 Å². The molecule has 5 heteroatoms. The van der Waals surface area contributed by atoms with Crippen LogP contribution in [-0.2, 0) is 4.79 Å². The quantitative estimate of drug-likeness (QED) is 0.670. The van der Waals surface area contributed by atoms with Crippen molar-refractivity contribution in [2.24, 2.45) is 5.92 Å². The van der Waals surface area contributed by atoms with Crippen molar-refractivity contribution in [3.8, 4) is 5.75 Å². The Morgan fingerprint density at radius 1 is 1.32 bits per heavy atom. The minimum absolute atomic E-state index is 0.0345. The molecule has 1 aliphatic heterocycles. The zero-order chi connectivity index (χ0) is 16.1. The number of carbonyl (C=O) groups excluding carboxylic acids is 2. The van der Waals surface area contributed by atoms with Crippen molar-refractivity contribution in [3.63, 3.8) is 0 Å². The molecule has 0 radical (unpaired) electrons. The molecule has 1 aromatic carbocycles. The van der Waals surface area contributed by atoms with E-state index >= 15 is 0 Å². The molecule has 0 bridgehead atoms. The number of ether oxygens (including phenoxy) is 1. The van der Waals surface area contributed by atoms with E-state index in [1.54, 1.807) is 18.2 Å². The van der Waals surface area contributed by atoms with Gasteiger partial charge in [0.1, 0.15) is 5.75 Å². The van der Waals surface area contributed by atoms with Crippen LogP contribution in [0.5, 0.6) is 5.75 Å². The highest BCUT2D eigenvalue weighted by Gasteiger charge is 2.20. The number of Topliss-reactive ketones (excluding diaryl/α,β-unsaturated/α-hetero) is 1. The number of hydrogen-bond acceptors (Lipinski definition) is 4. The molecule has 120 valence electrons. The van der Waals surface area contributed by atoms with Crippen molar-refractivity contribution in [3.05, 3.63) is 23.8 Å². The van der Waals surface area contributed by atoms with Crippen LogP contribution >= 0.6 is 0 Å². The van der Waals surface area contributed by atoms with Crippen LogP contribution in [0.3, 0.4) is 0 Å². The van der Waals surface area contributed by atoms with Gasteiger partial charge in [-0.3, -0.25) is 9.59 Å². The number of benzene rings is 1. The summed E-state index contributed by atoms with van der Waals surface area (Å²) in [7, 11) is 0. The number of carbonyl (C=O) groups is 2. The molecule has 2 N–H and O–H groups in total. The molecule has 1 fully saturated rings. The van der Waals surface area contributed by atoms with Gasteiger partial charge in [0.2, 0.25) is 5.91 Å². The average molecular weight is 304 g/mol. The molecule has 0 atom stereocenters. The van der Waals surface area contributed by atoms with E-state index in [0.29, 0.717) is 35.9 Å². The van der Waals surface area contributed by atoms with E-state index in [1.165, 1.54) is 6.92 Å². The first-order chi connectivity index (χ1) is 10.5. The van der Waals surface area contributed by atoms with Gasteiger partial charge in [0.05, 0.1) is 18.7 Å². The van der Waals surface area contributed by atoms with Crippen LogP contribution in [0, 0.1) is 5.92 Å². The zero-order valence-electron chi connectivity index (χ0n) is 13.3. The standard InChI is InChI=1S/C17H24N2O3/c1-12-5-8-19(9-6-12)17(21)7-10-22-16-4-3-14(13(2)20)11-15(16)18/h3-4,11-12H,5-10,18H2,1-2H3. The van der Waals surface area contributed by atoms with Gasteiger partial charge in [-0.05, 0) is 43.9 Å². The summed E-state index contributed by atoms with van der Waals surface area (Å²) in [5.74, 6) is 1.32. The summed E-state index contributed by atoms with van der Waals surface area (Å²) < 4.78 is 5.57. The fraction of sp³-hybridized carbons (Fsp3) is 0.529. The Kier molecular flexibility index (Phi) is 5.41. The lowest BCUT2D eigenvalue weighted by Crippen LogP contribution is -2.38. The summed E-state index contributed by atoms with van der Waals surface area (Å²) in [5.41, 5.74) is 6.84. The molecular weight excluding hydrogens is 280 g/mol. The fourth-order valence-corrected chi connectivity index (χ4v) is 2.56. The molecule has 1 heterocycles. The van der Waals surface area contributed by atoms with Gasteiger partial charge in [-0.25, -0.2) is 0 Å². The molecule has 0 spiro atoms. The number of piperidine rings is 1. The number of rotatable bonds is 5. The molecule has 5 nitrogen and oxygen atoms in total. The summed E-state index contributed by atoms with van der Waals surface area (Å²) in [4.78, 5) is 25.3. The first-order valence-corrected chi connectivity index (χ1v) is 7.78. The van der Waals surface area contributed by atoms with Crippen LogP contribution < -0.4 is 10.5 Å². The smallest absolute Gasteiger partial charge is 0.225 e. The maximum atomic E-state index is 12.1. The molecule has 1 aliphatic rings. The predicted molar refractivity (Wildman–Crippen MR) is 85.9 cm³/mol.